The topological polar surface area (TPSA) is 58.4 Å². The Morgan fingerprint density at radius 2 is 1.77 bits per heavy atom. The Morgan fingerprint density at radius 3 is 2.35 bits per heavy atom. The summed E-state index contributed by atoms with van der Waals surface area (Å²) in [5.41, 5.74) is 1.72. The van der Waals surface area contributed by atoms with Crippen LogP contribution >= 0.6 is 0 Å². The summed E-state index contributed by atoms with van der Waals surface area (Å²) in [6.07, 6.45) is -0.00589. The molecule has 1 aliphatic rings. The normalized spacial score (nSPS) is 17.4. The number of nitrogens with one attached hydrogen (secondary N) is 1. The van der Waals surface area contributed by atoms with Crippen LogP contribution in [0.3, 0.4) is 0 Å². The smallest absolute Gasteiger partial charge is 0.368 e. The number of aromatic nitrogens is 4. The monoisotopic (exact) mass is 370 g/mol. The van der Waals surface area contributed by atoms with Gasteiger partial charge in [0.1, 0.15) is 5.82 Å². The van der Waals surface area contributed by atoms with Crippen LogP contribution in [0.25, 0.3) is 5.65 Å². The zero-order valence-corrected chi connectivity index (χ0v) is 15.6. The predicted molar refractivity (Wildman–Crippen MR) is 93.2 cm³/mol. The largest absolute Gasteiger partial charge is 0.453 e. The molecule has 0 radical (unpaired) electrons. The van der Waals surface area contributed by atoms with Gasteiger partial charge in [0.2, 0.25) is 0 Å². The quantitative estimate of drug-likeness (QED) is 0.875. The summed E-state index contributed by atoms with van der Waals surface area (Å²) in [6, 6.07) is 0. The van der Waals surface area contributed by atoms with E-state index in [0.29, 0.717) is 17.9 Å². The van der Waals surface area contributed by atoms with Crippen molar-refractivity contribution in [3.8, 4) is 0 Å². The van der Waals surface area contributed by atoms with Crippen LogP contribution in [0.2, 0.25) is 0 Å². The number of aryl methyl sites for hydroxylation is 1. The molecule has 0 atom stereocenters. The number of rotatable bonds is 5. The maximum absolute atomic E-state index is 13.2. The van der Waals surface area contributed by atoms with E-state index in [2.05, 4.69) is 25.5 Å². The summed E-state index contributed by atoms with van der Waals surface area (Å²) >= 11 is 0. The highest BCUT2D eigenvalue weighted by atomic mass is 19.4. The van der Waals surface area contributed by atoms with Gasteiger partial charge in [-0.05, 0) is 46.3 Å². The van der Waals surface area contributed by atoms with E-state index in [9.17, 15) is 13.2 Å². The van der Waals surface area contributed by atoms with Crippen LogP contribution in [0.4, 0.5) is 19.0 Å². The van der Waals surface area contributed by atoms with Gasteiger partial charge in [0.15, 0.2) is 5.65 Å². The Bertz CT molecular complexity index is 790. The second-order valence-corrected chi connectivity index (χ2v) is 7.65. The molecular formula is C17H25F3N6. The lowest BCUT2D eigenvalue weighted by molar-refractivity contribution is -0.146. The molecule has 1 saturated carbocycles. The highest BCUT2D eigenvalue weighted by Crippen LogP contribution is 2.39. The molecule has 6 nitrogen and oxygen atoms in total. The van der Waals surface area contributed by atoms with E-state index >= 15 is 0 Å². The highest BCUT2D eigenvalue weighted by Gasteiger charge is 2.38. The summed E-state index contributed by atoms with van der Waals surface area (Å²) in [5.74, 6) is -0.632. The summed E-state index contributed by atoms with van der Waals surface area (Å²) in [6.45, 7) is 5.23. The Labute approximate surface area is 150 Å². The molecule has 1 aliphatic carbocycles. The molecule has 2 aromatic rings. The molecular weight excluding hydrogens is 345 g/mol. The molecule has 0 amide bonds. The third kappa shape index (κ3) is 3.49. The van der Waals surface area contributed by atoms with E-state index in [1.54, 1.807) is 6.92 Å². The van der Waals surface area contributed by atoms with Crippen molar-refractivity contribution in [3.05, 3.63) is 17.0 Å². The van der Waals surface area contributed by atoms with E-state index < -0.39 is 12.0 Å². The van der Waals surface area contributed by atoms with Gasteiger partial charge < -0.3 is 10.2 Å². The van der Waals surface area contributed by atoms with Crippen LogP contribution in [0.15, 0.2) is 0 Å². The van der Waals surface area contributed by atoms with Crippen LogP contribution in [-0.4, -0.2) is 51.9 Å². The zero-order chi connectivity index (χ0) is 19.1. The van der Waals surface area contributed by atoms with Crippen LogP contribution in [0, 0.1) is 19.3 Å². The number of fused-ring (bicyclic) bond motifs is 1. The number of alkyl halides is 3. The standard InChI is InChI=1S/C17H25F3N6/c1-11-12(2)14-22-23-15(17(18,19)20)26(14)24-13(11)21-9-16(10-25(3)4)7-5-6-8-16/h5-10H2,1-4H3,(H,21,24). The molecule has 2 aromatic heterocycles. The van der Waals surface area contributed by atoms with E-state index in [1.165, 1.54) is 12.8 Å². The van der Waals surface area contributed by atoms with Gasteiger partial charge in [-0.1, -0.05) is 12.8 Å². The molecule has 0 aliphatic heterocycles. The Morgan fingerprint density at radius 1 is 1.12 bits per heavy atom. The maximum atomic E-state index is 13.2. The first kappa shape index (κ1) is 18.9. The highest BCUT2D eigenvalue weighted by molar-refractivity contribution is 5.58. The number of anilines is 1. The molecule has 1 fully saturated rings. The second kappa shape index (κ2) is 6.68. The third-order valence-electron chi connectivity index (χ3n) is 5.29. The number of hydrogen-bond acceptors (Lipinski definition) is 5. The number of hydrogen-bond donors (Lipinski definition) is 1. The molecule has 0 saturated heterocycles. The van der Waals surface area contributed by atoms with Crippen LogP contribution in [0.1, 0.15) is 42.6 Å². The van der Waals surface area contributed by atoms with Crippen molar-refractivity contribution in [3.63, 3.8) is 0 Å². The molecule has 0 aromatic carbocycles. The van der Waals surface area contributed by atoms with Crippen molar-refractivity contribution >= 4 is 11.5 Å². The maximum Gasteiger partial charge on any atom is 0.453 e. The first-order valence-electron chi connectivity index (χ1n) is 8.81. The van der Waals surface area contributed by atoms with Gasteiger partial charge >= 0.3 is 6.18 Å². The fourth-order valence-electron chi connectivity index (χ4n) is 3.93. The average Bonchev–Trinajstić information content (AvgIpc) is 3.15. The van der Waals surface area contributed by atoms with Crippen molar-refractivity contribution in [2.24, 2.45) is 5.41 Å². The van der Waals surface area contributed by atoms with Gasteiger partial charge in [-0.3, -0.25) is 0 Å². The van der Waals surface area contributed by atoms with E-state index in [4.69, 9.17) is 0 Å². The first-order chi connectivity index (χ1) is 12.1. The molecule has 26 heavy (non-hydrogen) atoms. The Balaban J connectivity index is 1.93. The summed E-state index contributed by atoms with van der Waals surface area (Å²) in [7, 11) is 4.10. The average molecular weight is 370 g/mol. The molecule has 144 valence electrons. The summed E-state index contributed by atoms with van der Waals surface area (Å²) in [5, 5.41) is 14.5. The van der Waals surface area contributed by atoms with E-state index in [-0.39, 0.29) is 11.1 Å². The van der Waals surface area contributed by atoms with Gasteiger partial charge in [-0.25, -0.2) is 0 Å². The molecule has 0 bridgehead atoms. The SMILES string of the molecule is Cc1c(NCC2(CN(C)C)CCCC2)nn2c(C(F)(F)F)nnc2c1C. The predicted octanol–water partition coefficient (Wildman–Crippen LogP) is 3.29. The van der Waals surface area contributed by atoms with Crippen molar-refractivity contribution in [2.45, 2.75) is 45.7 Å². The lowest BCUT2D eigenvalue weighted by Gasteiger charge is -2.32. The minimum atomic E-state index is -4.59. The number of halogens is 3. The summed E-state index contributed by atoms with van der Waals surface area (Å²) in [4.78, 5) is 2.17. The molecule has 2 heterocycles. The molecule has 0 spiro atoms. The number of nitrogens with zero attached hydrogens (tertiary/aromatic N) is 5. The second-order valence-electron chi connectivity index (χ2n) is 7.65. The van der Waals surface area contributed by atoms with Crippen LogP contribution in [0.5, 0.6) is 0 Å². The van der Waals surface area contributed by atoms with Gasteiger partial charge in [-0.2, -0.15) is 17.7 Å². The van der Waals surface area contributed by atoms with E-state index in [1.807, 2.05) is 21.0 Å². The fourth-order valence-corrected chi connectivity index (χ4v) is 3.93. The zero-order valence-electron chi connectivity index (χ0n) is 15.6. The Hall–Kier alpha value is -1.90. The molecule has 1 N–H and O–H groups in total. The minimum Gasteiger partial charge on any atom is -0.368 e. The lowest BCUT2D eigenvalue weighted by Crippen LogP contribution is -2.37. The van der Waals surface area contributed by atoms with Crippen molar-refractivity contribution in [2.75, 3.05) is 32.5 Å². The molecule has 3 rings (SSSR count). The molecule has 9 heteroatoms. The van der Waals surface area contributed by atoms with Gasteiger partial charge in [0.05, 0.1) is 0 Å². The third-order valence-corrected chi connectivity index (χ3v) is 5.29. The fraction of sp³-hybridized carbons (Fsp3) is 0.706. The summed E-state index contributed by atoms with van der Waals surface area (Å²) < 4.78 is 40.3. The molecule has 0 unspecified atom stereocenters. The van der Waals surface area contributed by atoms with Crippen LogP contribution < -0.4 is 5.32 Å². The lowest BCUT2D eigenvalue weighted by atomic mass is 9.85. The first-order valence-corrected chi connectivity index (χ1v) is 8.81. The minimum absolute atomic E-state index is 0.126. The van der Waals surface area contributed by atoms with Crippen molar-refractivity contribution in [1.29, 1.82) is 0 Å². The Kier molecular flexibility index (Phi) is 4.85. The van der Waals surface area contributed by atoms with Gasteiger partial charge in [0, 0.05) is 24.1 Å². The van der Waals surface area contributed by atoms with Crippen molar-refractivity contribution in [1.82, 2.24) is 24.7 Å². The van der Waals surface area contributed by atoms with Crippen molar-refractivity contribution < 1.29 is 13.2 Å². The van der Waals surface area contributed by atoms with E-state index in [0.717, 1.165) is 29.5 Å². The van der Waals surface area contributed by atoms with Gasteiger partial charge in [-0.15, -0.1) is 15.3 Å². The van der Waals surface area contributed by atoms with Crippen LogP contribution in [-0.2, 0) is 6.18 Å². The van der Waals surface area contributed by atoms with Gasteiger partial charge in [0.25, 0.3) is 5.82 Å².